The quantitative estimate of drug-likeness (QED) is 0.906. The molecule has 20 heavy (non-hydrogen) atoms. The van der Waals surface area contributed by atoms with Crippen LogP contribution in [0.4, 0.5) is 4.39 Å². The van der Waals surface area contributed by atoms with E-state index < -0.39 is 5.54 Å². The first-order valence-corrected chi connectivity index (χ1v) is 7.33. The molecule has 3 rings (SSSR count). The highest BCUT2D eigenvalue weighted by atomic mass is 79.9. The van der Waals surface area contributed by atoms with Crippen LogP contribution in [0.3, 0.4) is 0 Å². The first-order valence-electron chi connectivity index (χ1n) is 6.54. The lowest BCUT2D eigenvalue weighted by molar-refractivity contribution is 0.215. The maximum absolute atomic E-state index is 13.3. The van der Waals surface area contributed by atoms with Gasteiger partial charge in [-0.25, -0.2) is 4.39 Å². The van der Waals surface area contributed by atoms with Crippen LogP contribution < -0.4 is 10.5 Å². The van der Waals surface area contributed by atoms with Gasteiger partial charge in [0, 0.05) is 12.0 Å². The normalized spacial score (nSPS) is 21.1. The van der Waals surface area contributed by atoms with Crippen molar-refractivity contribution in [1.82, 2.24) is 0 Å². The molecule has 4 heteroatoms. The fourth-order valence-corrected chi connectivity index (χ4v) is 3.11. The highest BCUT2D eigenvalue weighted by Gasteiger charge is 2.33. The minimum absolute atomic E-state index is 0.257. The van der Waals surface area contributed by atoms with Crippen LogP contribution in [0.1, 0.15) is 17.5 Å². The van der Waals surface area contributed by atoms with Gasteiger partial charge in [-0.05, 0) is 46.1 Å². The summed E-state index contributed by atoms with van der Waals surface area (Å²) in [5.41, 5.74) is 8.17. The third kappa shape index (κ3) is 2.45. The summed E-state index contributed by atoms with van der Waals surface area (Å²) in [6.45, 7) is 0.607. The minimum Gasteiger partial charge on any atom is -0.493 e. The lowest BCUT2D eigenvalue weighted by Crippen LogP contribution is -2.43. The van der Waals surface area contributed by atoms with Crippen molar-refractivity contribution in [2.45, 2.75) is 18.4 Å². The summed E-state index contributed by atoms with van der Waals surface area (Å²) in [6, 6.07) is 12.9. The number of rotatable bonds is 2. The fourth-order valence-electron chi connectivity index (χ4n) is 2.68. The van der Waals surface area contributed by atoms with Crippen LogP contribution in [0.25, 0.3) is 0 Å². The van der Waals surface area contributed by atoms with Crippen molar-refractivity contribution in [3.05, 3.63) is 63.9 Å². The third-order valence-corrected chi connectivity index (χ3v) is 4.34. The zero-order chi connectivity index (χ0) is 14.2. The van der Waals surface area contributed by atoms with Gasteiger partial charge in [-0.2, -0.15) is 0 Å². The molecule has 1 atom stereocenters. The van der Waals surface area contributed by atoms with Crippen molar-refractivity contribution in [3.8, 4) is 5.75 Å². The van der Waals surface area contributed by atoms with Crippen molar-refractivity contribution < 1.29 is 9.13 Å². The Bertz CT molecular complexity index is 646. The van der Waals surface area contributed by atoms with Crippen LogP contribution in [-0.2, 0) is 12.0 Å². The van der Waals surface area contributed by atoms with Gasteiger partial charge < -0.3 is 10.5 Å². The van der Waals surface area contributed by atoms with Crippen LogP contribution in [-0.4, -0.2) is 6.61 Å². The lowest BCUT2D eigenvalue weighted by Gasteiger charge is -2.35. The number of hydrogen-bond acceptors (Lipinski definition) is 2. The van der Waals surface area contributed by atoms with E-state index in [1.807, 2.05) is 24.3 Å². The zero-order valence-corrected chi connectivity index (χ0v) is 12.5. The number of fused-ring (bicyclic) bond motifs is 1. The van der Waals surface area contributed by atoms with E-state index in [4.69, 9.17) is 10.5 Å². The van der Waals surface area contributed by atoms with Crippen LogP contribution in [0, 0.1) is 5.82 Å². The van der Waals surface area contributed by atoms with E-state index in [9.17, 15) is 4.39 Å². The van der Waals surface area contributed by atoms with Gasteiger partial charge in [0.2, 0.25) is 0 Å². The molecule has 2 N–H and O–H groups in total. The van der Waals surface area contributed by atoms with E-state index >= 15 is 0 Å². The van der Waals surface area contributed by atoms with Gasteiger partial charge in [-0.15, -0.1) is 0 Å². The molecular weight excluding hydrogens is 321 g/mol. The summed E-state index contributed by atoms with van der Waals surface area (Å²) in [6.07, 6.45) is 1.41. The maximum atomic E-state index is 13.3. The summed E-state index contributed by atoms with van der Waals surface area (Å²) >= 11 is 3.22. The molecule has 2 aromatic carbocycles. The fraction of sp³-hybridized carbons (Fsp3) is 0.250. The summed E-state index contributed by atoms with van der Waals surface area (Å²) in [4.78, 5) is 0. The molecule has 0 aromatic heterocycles. The highest BCUT2D eigenvalue weighted by molar-refractivity contribution is 9.10. The van der Waals surface area contributed by atoms with Crippen molar-refractivity contribution >= 4 is 15.9 Å². The van der Waals surface area contributed by atoms with Gasteiger partial charge in [0.1, 0.15) is 11.6 Å². The largest absolute Gasteiger partial charge is 0.493 e. The number of benzene rings is 2. The minimum atomic E-state index is -0.466. The number of halogens is 2. The van der Waals surface area contributed by atoms with Crippen LogP contribution in [0.2, 0.25) is 0 Å². The molecule has 0 spiro atoms. The van der Waals surface area contributed by atoms with Gasteiger partial charge in [-0.3, -0.25) is 0 Å². The van der Waals surface area contributed by atoms with E-state index in [2.05, 4.69) is 15.9 Å². The van der Waals surface area contributed by atoms with Gasteiger partial charge in [0.05, 0.1) is 16.6 Å². The Morgan fingerprint density at radius 2 is 2.05 bits per heavy atom. The van der Waals surface area contributed by atoms with Gasteiger partial charge in [0.25, 0.3) is 0 Å². The van der Waals surface area contributed by atoms with E-state index in [0.717, 1.165) is 23.3 Å². The van der Waals surface area contributed by atoms with Crippen LogP contribution >= 0.6 is 15.9 Å². The molecule has 0 amide bonds. The number of para-hydroxylation sites is 1. The van der Waals surface area contributed by atoms with Crippen molar-refractivity contribution in [1.29, 1.82) is 0 Å². The Hall–Kier alpha value is -1.39. The molecule has 0 saturated heterocycles. The maximum Gasteiger partial charge on any atom is 0.137 e. The molecule has 2 nitrogen and oxygen atoms in total. The van der Waals surface area contributed by atoms with E-state index in [1.54, 1.807) is 12.1 Å². The van der Waals surface area contributed by atoms with Gasteiger partial charge >= 0.3 is 0 Å². The van der Waals surface area contributed by atoms with Crippen LogP contribution in [0.15, 0.2) is 46.9 Å². The van der Waals surface area contributed by atoms with Crippen molar-refractivity contribution in [2.75, 3.05) is 6.61 Å². The molecule has 1 heterocycles. The van der Waals surface area contributed by atoms with Crippen LogP contribution in [0.5, 0.6) is 5.75 Å². The lowest BCUT2D eigenvalue weighted by atomic mass is 9.80. The molecule has 0 radical (unpaired) electrons. The highest BCUT2D eigenvalue weighted by Crippen LogP contribution is 2.37. The molecule has 0 bridgehead atoms. The van der Waals surface area contributed by atoms with E-state index in [-0.39, 0.29) is 5.82 Å². The second-order valence-corrected chi connectivity index (χ2v) is 6.03. The molecule has 1 aliphatic heterocycles. The summed E-state index contributed by atoms with van der Waals surface area (Å²) in [5.74, 6) is 0.592. The smallest absolute Gasteiger partial charge is 0.137 e. The first kappa shape index (κ1) is 13.6. The Kier molecular flexibility index (Phi) is 3.52. The van der Waals surface area contributed by atoms with E-state index in [0.29, 0.717) is 17.5 Å². The molecule has 0 saturated carbocycles. The summed E-state index contributed by atoms with van der Waals surface area (Å²) in [5, 5.41) is 0. The molecule has 1 aliphatic rings. The monoisotopic (exact) mass is 335 g/mol. The Labute approximate surface area is 125 Å². The third-order valence-electron chi connectivity index (χ3n) is 3.73. The molecule has 0 fully saturated rings. The number of nitrogens with two attached hydrogens (primary N) is 1. The van der Waals surface area contributed by atoms with E-state index in [1.165, 1.54) is 6.07 Å². The van der Waals surface area contributed by atoms with Gasteiger partial charge in [-0.1, -0.05) is 24.3 Å². The average Bonchev–Trinajstić information content (AvgIpc) is 2.43. The van der Waals surface area contributed by atoms with Crippen molar-refractivity contribution in [3.63, 3.8) is 0 Å². The van der Waals surface area contributed by atoms with Gasteiger partial charge in [0.15, 0.2) is 0 Å². The summed E-state index contributed by atoms with van der Waals surface area (Å²) < 4.78 is 19.4. The van der Waals surface area contributed by atoms with Crippen molar-refractivity contribution in [2.24, 2.45) is 5.73 Å². The number of hydrogen-bond donors (Lipinski definition) is 1. The average molecular weight is 336 g/mol. The number of ether oxygens (including phenoxy) is 1. The zero-order valence-electron chi connectivity index (χ0n) is 10.9. The predicted molar refractivity (Wildman–Crippen MR) is 80.2 cm³/mol. The Morgan fingerprint density at radius 1 is 1.25 bits per heavy atom. The molecule has 104 valence electrons. The Morgan fingerprint density at radius 3 is 2.85 bits per heavy atom. The second-order valence-electron chi connectivity index (χ2n) is 5.18. The predicted octanol–water partition coefficient (Wildman–Crippen LogP) is 3.77. The summed E-state index contributed by atoms with van der Waals surface area (Å²) in [7, 11) is 0. The Balaban J connectivity index is 1.95. The first-order chi connectivity index (χ1) is 9.58. The SMILES string of the molecule is NC1(Cc2ccc(F)c(Br)c2)CCOc2ccccc21. The second kappa shape index (κ2) is 5.19. The topological polar surface area (TPSA) is 35.2 Å². The molecule has 1 unspecified atom stereocenters. The molecule has 0 aliphatic carbocycles. The molecular formula is C16H15BrFNO. The standard InChI is InChI=1S/C16H15BrFNO/c17-13-9-11(5-6-14(13)18)10-16(19)7-8-20-15-4-2-1-3-12(15)16/h1-6,9H,7-8,10,19H2. The molecule has 2 aromatic rings.